The molecule has 26 heavy (non-hydrogen) atoms. The van der Waals surface area contributed by atoms with E-state index in [2.05, 4.69) is 31.2 Å². The minimum absolute atomic E-state index is 0.172. The summed E-state index contributed by atoms with van der Waals surface area (Å²) in [5.74, 6) is 0.148. The van der Waals surface area contributed by atoms with Gasteiger partial charge in [0.15, 0.2) is 0 Å². The summed E-state index contributed by atoms with van der Waals surface area (Å²) in [5.41, 5.74) is 4.77. The van der Waals surface area contributed by atoms with Gasteiger partial charge in [-0.05, 0) is 66.3 Å². The van der Waals surface area contributed by atoms with E-state index in [4.69, 9.17) is 5.26 Å². The Hall–Kier alpha value is -2.14. The first kappa shape index (κ1) is 18.6. The van der Waals surface area contributed by atoms with Crippen molar-refractivity contribution >= 4 is 0 Å². The largest absolute Gasteiger partial charge is 0.205 e. The maximum absolute atomic E-state index is 14.3. The van der Waals surface area contributed by atoms with Crippen molar-refractivity contribution < 1.29 is 4.39 Å². The molecule has 2 aromatic carbocycles. The van der Waals surface area contributed by atoms with Gasteiger partial charge in [0.05, 0.1) is 5.56 Å². The smallest absolute Gasteiger partial charge is 0.144 e. The molecule has 1 unspecified atom stereocenters. The van der Waals surface area contributed by atoms with E-state index in [0.717, 1.165) is 30.4 Å². The Balaban J connectivity index is 1.60. The van der Waals surface area contributed by atoms with Gasteiger partial charge in [-0.25, -0.2) is 4.39 Å². The number of hydrogen-bond acceptors (Lipinski definition) is 1. The lowest BCUT2D eigenvalue weighted by atomic mass is 9.79. The van der Waals surface area contributed by atoms with Gasteiger partial charge in [0.2, 0.25) is 0 Å². The molecule has 0 N–H and O–H groups in total. The maximum atomic E-state index is 14.3. The minimum Gasteiger partial charge on any atom is -0.205 e. The lowest BCUT2D eigenvalue weighted by molar-refractivity contribution is 0.539. The SMILES string of the molecule is CCCCCCCc1ccc(C2CCc3c(ccc(C#N)c3F)C2)cc1. The molecule has 1 aliphatic carbocycles. The van der Waals surface area contributed by atoms with Gasteiger partial charge in [0, 0.05) is 0 Å². The molecule has 0 fully saturated rings. The molecule has 0 radical (unpaired) electrons. The van der Waals surface area contributed by atoms with Gasteiger partial charge in [0.25, 0.3) is 0 Å². The molecule has 0 saturated heterocycles. The molecule has 1 nitrogen and oxygen atoms in total. The van der Waals surface area contributed by atoms with Crippen molar-refractivity contribution in [1.29, 1.82) is 5.26 Å². The van der Waals surface area contributed by atoms with Crippen molar-refractivity contribution in [2.45, 2.75) is 70.6 Å². The summed E-state index contributed by atoms with van der Waals surface area (Å²) >= 11 is 0. The summed E-state index contributed by atoms with van der Waals surface area (Å²) < 4.78 is 14.3. The van der Waals surface area contributed by atoms with E-state index in [9.17, 15) is 4.39 Å². The Morgan fingerprint density at radius 3 is 2.54 bits per heavy atom. The lowest BCUT2D eigenvalue weighted by Gasteiger charge is -2.25. The van der Waals surface area contributed by atoms with Crippen LogP contribution in [0.2, 0.25) is 0 Å². The quantitative estimate of drug-likeness (QED) is 0.525. The van der Waals surface area contributed by atoms with Gasteiger partial charge in [-0.3, -0.25) is 0 Å². The van der Waals surface area contributed by atoms with Crippen LogP contribution in [0.3, 0.4) is 0 Å². The highest BCUT2D eigenvalue weighted by Gasteiger charge is 2.23. The van der Waals surface area contributed by atoms with Gasteiger partial charge < -0.3 is 0 Å². The number of hydrogen-bond donors (Lipinski definition) is 0. The molecule has 0 heterocycles. The third-order valence-electron chi connectivity index (χ3n) is 5.69. The van der Waals surface area contributed by atoms with Crippen LogP contribution < -0.4 is 0 Å². The van der Waals surface area contributed by atoms with Crippen molar-refractivity contribution in [3.63, 3.8) is 0 Å². The van der Waals surface area contributed by atoms with Crippen molar-refractivity contribution in [1.82, 2.24) is 0 Å². The number of benzene rings is 2. The Kier molecular flexibility index (Phi) is 6.45. The second-order valence-corrected chi connectivity index (χ2v) is 7.52. The number of rotatable bonds is 7. The summed E-state index contributed by atoms with van der Waals surface area (Å²) in [6.07, 6.45) is 10.3. The van der Waals surface area contributed by atoms with Crippen LogP contribution in [0.1, 0.15) is 79.2 Å². The summed E-state index contributed by atoms with van der Waals surface area (Å²) in [4.78, 5) is 0. The number of nitrogens with zero attached hydrogens (tertiary/aromatic N) is 1. The topological polar surface area (TPSA) is 23.8 Å². The monoisotopic (exact) mass is 349 g/mol. The van der Waals surface area contributed by atoms with E-state index < -0.39 is 0 Å². The predicted molar refractivity (Wildman–Crippen MR) is 105 cm³/mol. The van der Waals surface area contributed by atoms with Crippen LogP contribution in [-0.2, 0) is 19.3 Å². The van der Waals surface area contributed by atoms with E-state index >= 15 is 0 Å². The molecule has 136 valence electrons. The van der Waals surface area contributed by atoms with Crippen LogP contribution in [0, 0.1) is 17.1 Å². The van der Waals surface area contributed by atoms with Gasteiger partial charge in [-0.2, -0.15) is 5.26 Å². The number of unbranched alkanes of at least 4 members (excludes halogenated alkanes) is 4. The Morgan fingerprint density at radius 1 is 1.04 bits per heavy atom. The fraction of sp³-hybridized carbons (Fsp3) is 0.458. The molecular weight excluding hydrogens is 321 g/mol. The first-order valence-corrected chi connectivity index (χ1v) is 10.0. The van der Waals surface area contributed by atoms with Gasteiger partial charge >= 0.3 is 0 Å². The summed E-state index contributed by atoms with van der Waals surface area (Å²) in [6.45, 7) is 2.25. The average Bonchev–Trinajstić information content (AvgIpc) is 2.68. The number of aryl methyl sites for hydroxylation is 1. The normalized spacial score (nSPS) is 16.1. The molecular formula is C24H28FN. The molecule has 1 aliphatic rings. The van der Waals surface area contributed by atoms with Crippen LogP contribution in [0.25, 0.3) is 0 Å². The molecule has 0 spiro atoms. The van der Waals surface area contributed by atoms with Crippen LogP contribution in [0.4, 0.5) is 4.39 Å². The molecule has 2 heteroatoms. The molecule has 1 atom stereocenters. The summed E-state index contributed by atoms with van der Waals surface area (Å²) in [7, 11) is 0. The number of nitriles is 1. The van der Waals surface area contributed by atoms with Crippen LogP contribution >= 0.6 is 0 Å². The highest BCUT2D eigenvalue weighted by atomic mass is 19.1. The standard InChI is InChI=1S/C24H28FN/c1-2-3-4-5-6-7-18-8-10-19(11-9-18)20-14-15-23-21(16-20)12-13-22(17-26)24(23)25/h8-13,20H,2-7,14-16H2,1H3. The van der Waals surface area contributed by atoms with Crippen molar-refractivity contribution in [3.8, 4) is 6.07 Å². The van der Waals surface area contributed by atoms with Crippen LogP contribution in [0.5, 0.6) is 0 Å². The Morgan fingerprint density at radius 2 is 1.81 bits per heavy atom. The molecule has 0 bridgehead atoms. The zero-order valence-corrected chi connectivity index (χ0v) is 15.7. The molecule has 0 amide bonds. The lowest BCUT2D eigenvalue weighted by Crippen LogP contribution is -2.15. The second-order valence-electron chi connectivity index (χ2n) is 7.52. The van der Waals surface area contributed by atoms with E-state index in [1.807, 2.05) is 12.1 Å². The highest BCUT2D eigenvalue weighted by Crippen LogP contribution is 2.34. The number of halogens is 1. The Labute approximate surface area is 156 Å². The van der Waals surface area contributed by atoms with E-state index in [1.165, 1.54) is 49.7 Å². The summed E-state index contributed by atoms with van der Waals surface area (Å²) in [5, 5.41) is 8.99. The van der Waals surface area contributed by atoms with E-state index in [0.29, 0.717) is 5.92 Å². The summed E-state index contributed by atoms with van der Waals surface area (Å²) in [6, 6.07) is 14.6. The third-order valence-corrected chi connectivity index (χ3v) is 5.69. The predicted octanol–water partition coefficient (Wildman–Crippen LogP) is 6.48. The van der Waals surface area contributed by atoms with Gasteiger partial charge in [-0.1, -0.05) is 62.9 Å². The minimum atomic E-state index is -0.304. The van der Waals surface area contributed by atoms with Gasteiger partial charge in [-0.15, -0.1) is 0 Å². The van der Waals surface area contributed by atoms with Crippen molar-refractivity contribution in [2.75, 3.05) is 0 Å². The maximum Gasteiger partial charge on any atom is 0.144 e. The van der Waals surface area contributed by atoms with Crippen LogP contribution in [0.15, 0.2) is 36.4 Å². The second kappa shape index (κ2) is 8.99. The van der Waals surface area contributed by atoms with E-state index in [-0.39, 0.29) is 11.4 Å². The first-order chi connectivity index (χ1) is 12.7. The third kappa shape index (κ3) is 4.33. The van der Waals surface area contributed by atoms with Crippen LogP contribution in [-0.4, -0.2) is 0 Å². The average molecular weight is 349 g/mol. The van der Waals surface area contributed by atoms with Gasteiger partial charge in [0.1, 0.15) is 11.9 Å². The first-order valence-electron chi connectivity index (χ1n) is 10.0. The molecule has 0 saturated carbocycles. The zero-order valence-electron chi connectivity index (χ0n) is 15.7. The number of fused-ring (bicyclic) bond motifs is 1. The fourth-order valence-corrected chi connectivity index (χ4v) is 4.07. The molecule has 0 aromatic heterocycles. The Bertz CT molecular complexity index is 770. The molecule has 2 aromatic rings. The fourth-order valence-electron chi connectivity index (χ4n) is 4.07. The molecule has 0 aliphatic heterocycles. The van der Waals surface area contributed by atoms with E-state index in [1.54, 1.807) is 6.07 Å². The highest BCUT2D eigenvalue weighted by molar-refractivity contribution is 5.43. The molecule has 3 rings (SSSR count). The zero-order chi connectivity index (χ0) is 18.4. The van der Waals surface area contributed by atoms with Crippen molar-refractivity contribution in [3.05, 3.63) is 70.0 Å². The van der Waals surface area contributed by atoms with Crippen molar-refractivity contribution in [2.24, 2.45) is 0 Å².